The fourth-order valence-corrected chi connectivity index (χ4v) is 10.2. The number of allylic oxidation sites excluding steroid dienone is 2. The molecular weight excluding hydrogens is 388 g/mol. The molecule has 7 atom stereocenters. The highest BCUT2D eigenvalue weighted by Crippen LogP contribution is 2.69. The molecule has 4 rings (SSSR count). The summed E-state index contributed by atoms with van der Waals surface area (Å²) in [5, 5.41) is 11.1. The summed E-state index contributed by atoms with van der Waals surface area (Å²) in [5.41, 5.74) is 4.90. The van der Waals surface area contributed by atoms with Crippen molar-refractivity contribution in [1.29, 1.82) is 0 Å². The van der Waals surface area contributed by atoms with Crippen molar-refractivity contribution in [3.05, 3.63) is 11.1 Å². The SMILES string of the molecule is CCC1(CC)C(O)CC[C@@]2(C)C1CCC1=C3CC[C@H]([C@H](C)CCCC(C)C)[C@@]3(C)CC[C@@H]12. The normalized spacial score (nSPS) is 41.9. The zero-order valence-electron chi connectivity index (χ0n) is 22.6. The first-order valence-corrected chi connectivity index (χ1v) is 14.5. The molecule has 1 N–H and O–H groups in total. The van der Waals surface area contributed by atoms with Gasteiger partial charge < -0.3 is 5.11 Å². The van der Waals surface area contributed by atoms with E-state index in [1.807, 2.05) is 11.1 Å². The predicted octanol–water partition coefficient (Wildman–Crippen LogP) is 8.95. The topological polar surface area (TPSA) is 20.2 Å². The van der Waals surface area contributed by atoms with Crippen LogP contribution in [0.15, 0.2) is 11.1 Å². The Kier molecular flexibility index (Phi) is 7.02. The van der Waals surface area contributed by atoms with Gasteiger partial charge in [0.05, 0.1) is 6.10 Å². The van der Waals surface area contributed by atoms with Crippen molar-refractivity contribution < 1.29 is 5.11 Å². The lowest BCUT2D eigenvalue weighted by molar-refractivity contribution is -0.149. The molecule has 184 valence electrons. The van der Waals surface area contributed by atoms with Gasteiger partial charge in [-0.2, -0.15) is 0 Å². The quantitative estimate of drug-likeness (QED) is 0.390. The second-order valence-electron chi connectivity index (χ2n) is 13.6. The summed E-state index contributed by atoms with van der Waals surface area (Å²) in [7, 11) is 0. The van der Waals surface area contributed by atoms with Crippen LogP contribution >= 0.6 is 0 Å². The maximum Gasteiger partial charge on any atom is 0.0599 e. The third-order valence-electron chi connectivity index (χ3n) is 12.0. The summed E-state index contributed by atoms with van der Waals surface area (Å²) >= 11 is 0. The second kappa shape index (κ2) is 9.05. The van der Waals surface area contributed by atoms with E-state index in [1.54, 1.807) is 0 Å². The second-order valence-corrected chi connectivity index (χ2v) is 13.6. The average Bonchev–Trinajstić information content (AvgIpc) is 3.11. The van der Waals surface area contributed by atoms with Crippen LogP contribution in [0.1, 0.15) is 132 Å². The van der Waals surface area contributed by atoms with Gasteiger partial charge in [0.25, 0.3) is 0 Å². The first kappa shape index (κ1) is 24.8. The lowest BCUT2D eigenvalue weighted by atomic mass is 9.42. The van der Waals surface area contributed by atoms with Crippen molar-refractivity contribution in [2.45, 2.75) is 138 Å². The minimum atomic E-state index is -0.0822. The largest absolute Gasteiger partial charge is 0.393 e. The number of rotatable bonds is 7. The van der Waals surface area contributed by atoms with E-state index in [0.29, 0.717) is 16.7 Å². The summed E-state index contributed by atoms with van der Waals surface area (Å²) in [6.45, 7) is 17.4. The summed E-state index contributed by atoms with van der Waals surface area (Å²) in [6.07, 6.45) is 17.1. The maximum atomic E-state index is 11.1. The van der Waals surface area contributed by atoms with Gasteiger partial charge in [-0.25, -0.2) is 0 Å². The summed E-state index contributed by atoms with van der Waals surface area (Å²) < 4.78 is 0. The maximum absolute atomic E-state index is 11.1. The van der Waals surface area contributed by atoms with E-state index < -0.39 is 0 Å². The molecule has 0 aromatic rings. The molecule has 0 bridgehead atoms. The van der Waals surface area contributed by atoms with Crippen LogP contribution in [-0.4, -0.2) is 11.2 Å². The van der Waals surface area contributed by atoms with Gasteiger partial charge in [-0.3, -0.25) is 0 Å². The minimum Gasteiger partial charge on any atom is -0.393 e. The molecule has 0 spiro atoms. The highest BCUT2D eigenvalue weighted by molar-refractivity contribution is 5.35. The van der Waals surface area contributed by atoms with Crippen LogP contribution in [-0.2, 0) is 0 Å². The molecule has 1 heteroatoms. The van der Waals surface area contributed by atoms with Crippen LogP contribution in [0.2, 0.25) is 0 Å². The molecule has 0 aromatic heterocycles. The molecule has 3 fully saturated rings. The molecule has 0 saturated heterocycles. The van der Waals surface area contributed by atoms with Crippen molar-refractivity contribution in [2.24, 2.45) is 45.8 Å². The zero-order chi connectivity index (χ0) is 23.3. The Balaban J connectivity index is 1.60. The van der Waals surface area contributed by atoms with E-state index in [-0.39, 0.29) is 11.5 Å². The van der Waals surface area contributed by atoms with Crippen LogP contribution in [0.5, 0.6) is 0 Å². The van der Waals surface area contributed by atoms with Crippen LogP contribution in [0, 0.1) is 45.8 Å². The van der Waals surface area contributed by atoms with E-state index in [9.17, 15) is 5.11 Å². The molecular formula is C31H54O. The van der Waals surface area contributed by atoms with Crippen LogP contribution < -0.4 is 0 Å². The number of aliphatic hydroxyl groups excluding tert-OH is 1. The van der Waals surface area contributed by atoms with E-state index >= 15 is 0 Å². The molecule has 0 heterocycles. The van der Waals surface area contributed by atoms with Crippen LogP contribution in [0.3, 0.4) is 0 Å². The van der Waals surface area contributed by atoms with Gasteiger partial charge >= 0.3 is 0 Å². The van der Waals surface area contributed by atoms with E-state index in [4.69, 9.17) is 0 Å². The van der Waals surface area contributed by atoms with Gasteiger partial charge in [0, 0.05) is 0 Å². The molecule has 4 aliphatic carbocycles. The smallest absolute Gasteiger partial charge is 0.0599 e. The first-order valence-electron chi connectivity index (χ1n) is 14.5. The molecule has 4 aliphatic rings. The van der Waals surface area contributed by atoms with Crippen molar-refractivity contribution in [1.82, 2.24) is 0 Å². The Morgan fingerprint density at radius 1 is 0.906 bits per heavy atom. The van der Waals surface area contributed by atoms with Crippen molar-refractivity contribution in [3.63, 3.8) is 0 Å². The number of fused-ring (bicyclic) bond motifs is 4. The Labute approximate surface area is 200 Å². The third kappa shape index (κ3) is 3.67. The lowest BCUT2D eigenvalue weighted by Gasteiger charge is -2.63. The number of hydrogen-bond acceptors (Lipinski definition) is 1. The molecule has 3 saturated carbocycles. The predicted molar refractivity (Wildman–Crippen MR) is 138 cm³/mol. The van der Waals surface area contributed by atoms with Gasteiger partial charge in [-0.05, 0) is 110 Å². The lowest BCUT2D eigenvalue weighted by Crippen LogP contribution is -2.57. The van der Waals surface area contributed by atoms with E-state index in [2.05, 4.69) is 48.5 Å². The molecule has 0 radical (unpaired) electrons. The number of hydrogen-bond donors (Lipinski definition) is 1. The fraction of sp³-hybridized carbons (Fsp3) is 0.935. The Morgan fingerprint density at radius 2 is 1.62 bits per heavy atom. The molecule has 1 nitrogen and oxygen atoms in total. The average molecular weight is 443 g/mol. The van der Waals surface area contributed by atoms with Gasteiger partial charge in [0.2, 0.25) is 0 Å². The molecule has 0 amide bonds. The number of aliphatic hydroxyl groups is 1. The third-order valence-corrected chi connectivity index (χ3v) is 12.0. The van der Waals surface area contributed by atoms with Crippen molar-refractivity contribution in [2.75, 3.05) is 0 Å². The molecule has 2 unspecified atom stereocenters. The molecule has 0 aromatic carbocycles. The Hall–Kier alpha value is -0.300. The van der Waals surface area contributed by atoms with Gasteiger partial charge in [-0.15, -0.1) is 0 Å². The summed E-state index contributed by atoms with van der Waals surface area (Å²) in [5.74, 6) is 4.13. The van der Waals surface area contributed by atoms with Crippen molar-refractivity contribution in [3.8, 4) is 0 Å². The van der Waals surface area contributed by atoms with Gasteiger partial charge in [-0.1, -0.05) is 78.9 Å². The molecule has 32 heavy (non-hydrogen) atoms. The minimum absolute atomic E-state index is 0.0822. The summed E-state index contributed by atoms with van der Waals surface area (Å²) in [4.78, 5) is 0. The highest BCUT2D eigenvalue weighted by Gasteiger charge is 2.61. The van der Waals surface area contributed by atoms with E-state index in [0.717, 1.165) is 42.9 Å². The summed E-state index contributed by atoms with van der Waals surface area (Å²) in [6, 6.07) is 0. The Morgan fingerprint density at radius 3 is 2.28 bits per heavy atom. The van der Waals surface area contributed by atoms with Gasteiger partial charge in [0.1, 0.15) is 0 Å². The van der Waals surface area contributed by atoms with E-state index in [1.165, 1.54) is 64.2 Å². The fourth-order valence-electron chi connectivity index (χ4n) is 10.2. The van der Waals surface area contributed by atoms with Crippen LogP contribution in [0.4, 0.5) is 0 Å². The monoisotopic (exact) mass is 442 g/mol. The first-order chi connectivity index (χ1) is 15.1. The molecule has 0 aliphatic heterocycles. The van der Waals surface area contributed by atoms with Gasteiger partial charge in [0.15, 0.2) is 0 Å². The van der Waals surface area contributed by atoms with Crippen LogP contribution in [0.25, 0.3) is 0 Å². The zero-order valence-corrected chi connectivity index (χ0v) is 22.6. The van der Waals surface area contributed by atoms with Crippen molar-refractivity contribution >= 4 is 0 Å². The highest BCUT2D eigenvalue weighted by atomic mass is 16.3. The Bertz CT molecular complexity index is 699. The standard InChI is InChI=1S/C31H54O/c1-8-31(9-2)27-16-13-23-25-15-14-24(22(5)12-10-11-21(3)4)29(25,6)19-17-26(23)30(27,7)20-18-28(31)32/h21-22,24,26-28,32H,8-20H2,1-7H3/t22-,24-,26+,27?,28?,29-,30-/m1/s1.